The van der Waals surface area contributed by atoms with E-state index in [1.165, 1.54) is 12.1 Å². The number of hydrogen-bond acceptors (Lipinski definition) is 7. The Kier molecular flexibility index (Phi) is 5.77. The molecule has 0 aliphatic heterocycles. The van der Waals surface area contributed by atoms with Gasteiger partial charge in [-0.15, -0.1) is 0 Å². The Bertz CT molecular complexity index is 903. The van der Waals surface area contributed by atoms with Crippen LogP contribution >= 0.6 is 0 Å². The molecule has 0 unspecified atom stereocenters. The van der Waals surface area contributed by atoms with E-state index in [1.54, 1.807) is 19.2 Å². The van der Waals surface area contributed by atoms with E-state index in [4.69, 9.17) is 10.5 Å². The van der Waals surface area contributed by atoms with Gasteiger partial charge in [0.2, 0.25) is 11.9 Å². The third-order valence-electron chi connectivity index (χ3n) is 3.80. The number of hydrogen-bond donors (Lipinski definition) is 2. The number of aromatic nitrogens is 3. The molecule has 1 aromatic heterocycles. The van der Waals surface area contributed by atoms with Gasteiger partial charge in [-0.2, -0.15) is 15.0 Å². The SMILES string of the molecule is COc1cccc(CN(C)Cc2nc(N)nc(Nc3ccc(F)cc3)n2)c1. The van der Waals surface area contributed by atoms with E-state index in [-0.39, 0.29) is 11.8 Å². The molecule has 0 saturated heterocycles. The Morgan fingerprint density at radius 3 is 2.59 bits per heavy atom. The molecule has 0 saturated carbocycles. The fourth-order valence-corrected chi connectivity index (χ4v) is 2.61. The summed E-state index contributed by atoms with van der Waals surface area (Å²) >= 11 is 0. The number of methoxy groups -OCH3 is 1. The highest BCUT2D eigenvalue weighted by Crippen LogP contribution is 2.16. The first-order valence-electron chi connectivity index (χ1n) is 8.36. The molecule has 2 aromatic carbocycles. The lowest BCUT2D eigenvalue weighted by Crippen LogP contribution is -2.20. The summed E-state index contributed by atoms with van der Waals surface area (Å²) < 4.78 is 18.3. The maximum atomic E-state index is 13.0. The standard InChI is InChI=1S/C19H21FN6O/c1-26(11-13-4-3-5-16(10-13)27-2)12-17-23-18(21)25-19(24-17)22-15-8-6-14(20)7-9-15/h3-10H,11-12H2,1-2H3,(H3,21,22,23,24,25). The average molecular weight is 368 g/mol. The summed E-state index contributed by atoms with van der Waals surface area (Å²) in [7, 11) is 3.61. The highest BCUT2D eigenvalue weighted by Gasteiger charge is 2.09. The first-order valence-corrected chi connectivity index (χ1v) is 8.36. The second-order valence-electron chi connectivity index (χ2n) is 6.09. The molecule has 0 radical (unpaired) electrons. The molecular formula is C19H21FN6O. The van der Waals surface area contributed by atoms with E-state index >= 15 is 0 Å². The molecule has 0 fully saturated rings. The highest BCUT2D eigenvalue weighted by molar-refractivity contribution is 5.53. The van der Waals surface area contributed by atoms with Gasteiger partial charge in [-0.25, -0.2) is 4.39 Å². The Morgan fingerprint density at radius 2 is 1.85 bits per heavy atom. The van der Waals surface area contributed by atoms with Crippen LogP contribution in [0.1, 0.15) is 11.4 Å². The van der Waals surface area contributed by atoms with Gasteiger partial charge in [-0.1, -0.05) is 12.1 Å². The van der Waals surface area contributed by atoms with E-state index in [9.17, 15) is 4.39 Å². The van der Waals surface area contributed by atoms with E-state index in [2.05, 4.69) is 25.2 Å². The molecule has 0 spiro atoms. The molecular weight excluding hydrogens is 347 g/mol. The van der Waals surface area contributed by atoms with Crippen LogP contribution in [-0.4, -0.2) is 34.0 Å². The van der Waals surface area contributed by atoms with Gasteiger partial charge < -0.3 is 15.8 Å². The summed E-state index contributed by atoms with van der Waals surface area (Å²) in [6, 6.07) is 13.8. The molecule has 27 heavy (non-hydrogen) atoms. The van der Waals surface area contributed by atoms with Crippen LogP contribution in [0.5, 0.6) is 5.75 Å². The average Bonchev–Trinajstić information content (AvgIpc) is 2.63. The van der Waals surface area contributed by atoms with Crippen LogP contribution in [0.2, 0.25) is 0 Å². The van der Waals surface area contributed by atoms with E-state index in [0.29, 0.717) is 30.5 Å². The van der Waals surface area contributed by atoms with Crippen LogP contribution in [0.25, 0.3) is 0 Å². The number of benzene rings is 2. The van der Waals surface area contributed by atoms with Crippen molar-refractivity contribution in [2.75, 3.05) is 25.2 Å². The molecule has 3 aromatic rings. The Balaban J connectivity index is 1.68. The van der Waals surface area contributed by atoms with E-state index < -0.39 is 0 Å². The van der Waals surface area contributed by atoms with Gasteiger partial charge in [-0.05, 0) is 49.0 Å². The molecule has 1 heterocycles. The number of rotatable bonds is 7. The second kappa shape index (κ2) is 8.41. The lowest BCUT2D eigenvalue weighted by molar-refractivity contribution is 0.310. The smallest absolute Gasteiger partial charge is 0.232 e. The fraction of sp³-hybridized carbons (Fsp3) is 0.211. The summed E-state index contributed by atoms with van der Waals surface area (Å²) in [6.45, 7) is 1.19. The second-order valence-corrected chi connectivity index (χ2v) is 6.09. The van der Waals surface area contributed by atoms with Crippen molar-refractivity contribution in [1.29, 1.82) is 0 Å². The normalized spacial score (nSPS) is 10.8. The molecule has 0 amide bonds. The van der Waals surface area contributed by atoms with Crippen molar-refractivity contribution < 1.29 is 9.13 Å². The van der Waals surface area contributed by atoms with Crippen molar-refractivity contribution in [2.45, 2.75) is 13.1 Å². The zero-order valence-electron chi connectivity index (χ0n) is 15.2. The van der Waals surface area contributed by atoms with Crippen molar-refractivity contribution >= 4 is 17.6 Å². The summed E-state index contributed by atoms with van der Waals surface area (Å²) in [6.07, 6.45) is 0. The van der Waals surface area contributed by atoms with E-state index in [0.717, 1.165) is 11.3 Å². The van der Waals surface area contributed by atoms with Gasteiger partial charge in [0.25, 0.3) is 0 Å². The predicted octanol–water partition coefficient (Wildman–Crippen LogP) is 2.98. The number of nitrogens with one attached hydrogen (secondary N) is 1. The van der Waals surface area contributed by atoms with Crippen molar-refractivity contribution in [3.05, 3.63) is 65.7 Å². The van der Waals surface area contributed by atoms with Crippen molar-refractivity contribution in [3.8, 4) is 5.75 Å². The monoisotopic (exact) mass is 368 g/mol. The van der Waals surface area contributed by atoms with Crippen molar-refractivity contribution in [2.24, 2.45) is 0 Å². The van der Waals surface area contributed by atoms with Crippen LogP contribution < -0.4 is 15.8 Å². The number of nitrogens with zero attached hydrogens (tertiary/aromatic N) is 4. The zero-order chi connectivity index (χ0) is 19.2. The first kappa shape index (κ1) is 18.5. The quantitative estimate of drug-likeness (QED) is 0.663. The van der Waals surface area contributed by atoms with Crippen LogP contribution in [0.4, 0.5) is 22.0 Å². The van der Waals surface area contributed by atoms with Crippen LogP contribution in [0.15, 0.2) is 48.5 Å². The molecule has 0 atom stereocenters. The number of ether oxygens (including phenoxy) is 1. The van der Waals surface area contributed by atoms with Gasteiger partial charge in [0.1, 0.15) is 17.4 Å². The Labute approximate surface area is 157 Å². The molecule has 0 aliphatic carbocycles. The van der Waals surface area contributed by atoms with Crippen molar-refractivity contribution in [3.63, 3.8) is 0 Å². The van der Waals surface area contributed by atoms with Crippen LogP contribution in [0.3, 0.4) is 0 Å². The zero-order valence-corrected chi connectivity index (χ0v) is 15.2. The van der Waals surface area contributed by atoms with E-state index in [1.807, 2.05) is 31.3 Å². The summed E-state index contributed by atoms with van der Waals surface area (Å²) in [4.78, 5) is 14.7. The molecule has 0 aliphatic rings. The minimum absolute atomic E-state index is 0.124. The lowest BCUT2D eigenvalue weighted by Gasteiger charge is -2.16. The summed E-state index contributed by atoms with van der Waals surface area (Å²) in [5, 5.41) is 3.01. The number of anilines is 3. The molecule has 140 valence electrons. The van der Waals surface area contributed by atoms with Gasteiger partial charge >= 0.3 is 0 Å². The molecule has 3 N–H and O–H groups in total. The number of halogens is 1. The minimum Gasteiger partial charge on any atom is -0.497 e. The summed E-state index contributed by atoms with van der Waals surface area (Å²) in [5.74, 6) is 1.49. The molecule has 8 heteroatoms. The van der Waals surface area contributed by atoms with Crippen LogP contribution in [-0.2, 0) is 13.1 Å². The number of nitrogen functional groups attached to an aromatic ring is 1. The predicted molar refractivity (Wildman–Crippen MR) is 102 cm³/mol. The maximum absolute atomic E-state index is 13.0. The van der Waals surface area contributed by atoms with Gasteiger partial charge in [-0.3, -0.25) is 4.90 Å². The third-order valence-corrected chi connectivity index (χ3v) is 3.80. The Morgan fingerprint density at radius 1 is 1.07 bits per heavy atom. The topological polar surface area (TPSA) is 89.2 Å². The summed E-state index contributed by atoms with van der Waals surface area (Å²) in [5.41, 5.74) is 7.59. The van der Waals surface area contributed by atoms with Gasteiger partial charge in [0.05, 0.1) is 13.7 Å². The van der Waals surface area contributed by atoms with Crippen LogP contribution in [0, 0.1) is 5.82 Å². The third kappa shape index (κ3) is 5.35. The van der Waals surface area contributed by atoms with Gasteiger partial charge in [0, 0.05) is 12.2 Å². The highest BCUT2D eigenvalue weighted by atomic mass is 19.1. The fourth-order valence-electron chi connectivity index (χ4n) is 2.61. The van der Waals surface area contributed by atoms with Crippen molar-refractivity contribution in [1.82, 2.24) is 19.9 Å². The lowest BCUT2D eigenvalue weighted by atomic mass is 10.2. The Hall–Kier alpha value is -3.26. The largest absolute Gasteiger partial charge is 0.497 e. The molecule has 3 rings (SSSR count). The first-order chi connectivity index (χ1) is 13.0. The molecule has 0 bridgehead atoms. The molecule has 7 nitrogen and oxygen atoms in total. The van der Waals surface area contributed by atoms with Gasteiger partial charge in [0.15, 0.2) is 0 Å². The maximum Gasteiger partial charge on any atom is 0.232 e. The number of nitrogens with two attached hydrogens (primary N) is 1. The minimum atomic E-state index is -0.310.